The molecular formula is C19H27N3O2. The molecule has 0 aromatic heterocycles. The number of carbonyl (C=O) groups is 1. The van der Waals surface area contributed by atoms with Gasteiger partial charge in [-0.05, 0) is 67.8 Å². The lowest BCUT2D eigenvalue weighted by Gasteiger charge is -2.35. The SMILES string of the molecule is COc1cccc2c1CCC2(N)C(=O)N1CCC2(CCNCC2)C1. The zero-order valence-electron chi connectivity index (χ0n) is 14.4. The minimum absolute atomic E-state index is 0.102. The first-order chi connectivity index (χ1) is 11.6. The standard InChI is InChI=1S/C19H27N3O2/c1-24-16-4-2-3-15-14(16)5-6-19(15,20)17(23)22-12-9-18(13-22)7-10-21-11-8-18/h2-4,21H,5-13,20H2,1H3. The molecular weight excluding hydrogens is 302 g/mol. The fourth-order valence-corrected chi connectivity index (χ4v) is 4.87. The van der Waals surface area contributed by atoms with Crippen LogP contribution in [0.2, 0.25) is 0 Å². The van der Waals surface area contributed by atoms with E-state index in [0.717, 1.165) is 55.9 Å². The van der Waals surface area contributed by atoms with Gasteiger partial charge in [-0.15, -0.1) is 0 Å². The highest BCUT2D eigenvalue weighted by molar-refractivity contribution is 5.89. The maximum Gasteiger partial charge on any atom is 0.247 e. The number of rotatable bonds is 2. The third-order valence-corrected chi connectivity index (χ3v) is 6.37. The Morgan fingerprint density at radius 3 is 2.79 bits per heavy atom. The molecule has 0 saturated carbocycles. The van der Waals surface area contributed by atoms with Crippen LogP contribution in [0, 0.1) is 5.41 Å². The number of nitrogens with one attached hydrogen (secondary N) is 1. The molecule has 0 bridgehead atoms. The van der Waals surface area contributed by atoms with Crippen LogP contribution in [-0.4, -0.2) is 44.1 Å². The lowest BCUT2D eigenvalue weighted by molar-refractivity contribution is -0.136. The van der Waals surface area contributed by atoms with Gasteiger partial charge in [0.05, 0.1) is 7.11 Å². The first-order valence-corrected chi connectivity index (χ1v) is 9.03. The lowest BCUT2D eigenvalue weighted by Crippen LogP contribution is -2.51. The van der Waals surface area contributed by atoms with E-state index in [9.17, 15) is 4.79 Å². The molecule has 0 radical (unpaired) electrons. The van der Waals surface area contributed by atoms with E-state index in [1.54, 1.807) is 7.11 Å². The van der Waals surface area contributed by atoms with Crippen LogP contribution in [0.4, 0.5) is 0 Å². The molecule has 3 aliphatic rings. The monoisotopic (exact) mass is 329 g/mol. The number of methoxy groups -OCH3 is 1. The zero-order valence-corrected chi connectivity index (χ0v) is 14.4. The van der Waals surface area contributed by atoms with E-state index in [2.05, 4.69) is 5.32 Å². The fraction of sp³-hybridized carbons (Fsp3) is 0.632. The Bertz CT molecular complexity index is 654. The predicted octanol–water partition coefficient (Wildman–Crippen LogP) is 1.40. The van der Waals surface area contributed by atoms with Crippen molar-refractivity contribution >= 4 is 5.91 Å². The highest BCUT2D eigenvalue weighted by atomic mass is 16.5. The minimum Gasteiger partial charge on any atom is -0.496 e. The summed E-state index contributed by atoms with van der Waals surface area (Å²) in [7, 11) is 1.68. The van der Waals surface area contributed by atoms with Gasteiger partial charge in [0.15, 0.2) is 0 Å². The Morgan fingerprint density at radius 2 is 2.04 bits per heavy atom. The third-order valence-electron chi connectivity index (χ3n) is 6.37. The molecule has 2 saturated heterocycles. The van der Waals surface area contributed by atoms with E-state index in [0.29, 0.717) is 11.8 Å². The first kappa shape index (κ1) is 15.9. The Morgan fingerprint density at radius 1 is 1.25 bits per heavy atom. The summed E-state index contributed by atoms with van der Waals surface area (Å²) in [6.45, 7) is 3.84. The maximum absolute atomic E-state index is 13.3. The van der Waals surface area contributed by atoms with Crippen LogP contribution in [0.5, 0.6) is 5.75 Å². The molecule has 1 aromatic rings. The topological polar surface area (TPSA) is 67.6 Å². The number of nitrogens with zero attached hydrogens (tertiary/aromatic N) is 1. The van der Waals surface area contributed by atoms with Crippen molar-refractivity contribution < 1.29 is 9.53 Å². The van der Waals surface area contributed by atoms with E-state index in [4.69, 9.17) is 10.5 Å². The van der Waals surface area contributed by atoms with Gasteiger partial charge in [-0.3, -0.25) is 4.79 Å². The highest BCUT2D eigenvalue weighted by Gasteiger charge is 2.49. The number of benzene rings is 1. The van der Waals surface area contributed by atoms with Crippen LogP contribution in [0.15, 0.2) is 18.2 Å². The van der Waals surface area contributed by atoms with Gasteiger partial charge in [0.25, 0.3) is 0 Å². The molecule has 1 atom stereocenters. The van der Waals surface area contributed by atoms with Crippen molar-refractivity contribution in [2.45, 2.75) is 37.6 Å². The first-order valence-electron chi connectivity index (χ1n) is 9.03. The summed E-state index contributed by atoms with van der Waals surface area (Å²) in [4.78, 5) is 15.3. The molecule has 1 spiro atoms. The maximum atomic E-state index is 13.3. The molecule has 1 unspecified atom stereocenters. The van der Waals surface area contributed by atoms with Crippen molar-refractivity contribution in [2.75, 3.05) is 33.3 Å². The van der Waals surface area contributed by atoms with Gasteiger partial charge in [-0.2, -0.15) is 0 Å². The van der Waals surface area contributed by atoms with Crippen molar-refractivity contribution in [1.29, 1.82) is 0 Å². The third kappa shape index (κ3) is 2.33. The van der Waals surface area contributed by atoms with Gasteiger partial charge in [-0.1, -0.05) is 12.1 Å². The van der Waals surface area contributed by atoms with Crippen molar-refractivity contribution in [3.05, 3.63) is 29.3 Å². The molecule has 2 heterocycles. The van der Waals surface area contributed by atoms with Crippen LogP contribution < -0.4 is 15.8 Å². The van der Waals surface area contributed by atoms with Gasteiger partial charge in [0.2, 0.25) is 5.91 Å². The number of fused-ring (bicyclic) bond motifs is 1. The normalized spacial score (nSPS) is 28.2. The molecule has 130 valence electrons. The van der Waals surface area contributed by atoms with Gasteiger partial charge >= 0.3 is 0 Å². The second-order valence-electron chi connectivity index (χ2n) is 7.68. The number of hydrogen-bond donors (Lipinski definition) is 2. The number of likely N-dealkylation sites (tertiary alicyclic amines) is 1. The van der Waals surface area contributed by atoms with Crippen molar-refractivity contribution in [1.82, 2.24) is 10.2 Å². The molecule has 2 fully saturated rings. The average Bonchev–Trinajstić information content (AvgIpc) is 3.18. The summed E-state index contributed by atoms with van der Waals surface area (Å²) in [5.41, 5.74) is 8.16. The summed E-state index contributed by atoms with van der Waals surface area (Å²) in [6, 6.07) is 5.89. The molecule has 1 amide bonds. The smallest absolute Gasteiger partial charge is 0.247 e. The molecule has 5 nitrogen and oxygen atoms in total. The Balaban J connectivity index is 1.58. The van der Waals surface area contributed by atoms with Gasteiger partial charge in [0, 0.05) is 13.1 Å². The number of nitrogens with two attached hydrogens (primary N) is 1. The molecule has 1 aliphatic carbocycles. The Kier molecular flexibility index (Phi) is 3.81. The summed E-state index contributed by atoms with van der Waals surface area (Å²) in [5, 5.41) is 3.43. The molecule has 1 aromatic carbocycles. The quantitative estimate of drug-likeness (QED) is 0.861. The summed E-state index contributed by atoms with van der Waals surface area (Å²) < 4.78 is 5.46. The van der Waals surface area contributed by atoms with E-state index >= 15 is 0 Å². The number of ether oxygens (including phenoxy) is 1. The van der Waals surface area contributed by atoms with E-state index in [1.165, 1.54) is 12.8 Å². The molecule has 24 heavy (non-hydrogen) atoms. The van der Waals surface area contributed by atoms with Crippen molar-refractivity contribution in [2.24, 2.45) is 11.1 Å². The van der Waals surface area contributed by atoms with Crippen LogP contribution in [-0.2, 0) is 16.8 Å². The van der Waals surface area contributed by atoms with Crippen LogP contribution in [0.1, 0.15) is 36.8 Å². The largest absolute Gasteiger partial charge is 0.496 e. The number of piperidine rings is 1. The van der Waals surface area contributed by atoms with Gasteiger partial charge in [-0.25, -0.2) is 0 Å². The summed E-state index contributed by atoms with van der Waals surface area (Å²) >= 11 is 0. The molecule has 2 aliphatic heterocycles. The van der Waals surface area contributed by atoms with Gasteiger partial charge < -0.3 is 20.7 Å². The highest BCUT2D eigenvalue weighted by Crippen LogP contribution is 2.44. The second kappa shape index (κ2) is 5.74. The summed E-state index contributed by atoms with van der Waals surface area (Å²) in [5.74, 6) is 0.953. The number of hydrogen-bond acceptors (Lipinski definition) is 4. The molecule has 4 rings (SSSR count). The van der Waals surface area contributed by atoms with E-state index in [-0.39, 0.29) is 5.91 Å². The van der Waals surface area contributed by atoms with Crippen molar-refractivity contribution in [3.63, 3.8) is 0 Å². The predicted molar refractivity (Wildman–Crippen MR) is 92.9 cm³/mol. The van der Waals surface area contributed by atoms with Crippen LogP contribution in [0.25, 0.3) is 0 Å². The summed E-state index contributed by atoms with van der Waals surface area (Å²) in [6.07, 6.45) is 4.93. The van der Waals surface area contributed by atoms with E-state index < -0.39 is 5.54 Å². The fourth-order valence-electron chi connectivity index (χ4n) is 4.87. The van der Waals surface area contributed by atoms with Crippen LogP contribution >= 0.6 is 0 Å². The van der Waals surface area contributed by atoms with Crippen LogP contribution in [0.3, 0.4) is 0 Å². The Labute approximate surface area is 143 Å². The second-order valence-corrected chi connectivity index (χ2v) is 7.68. The average molecular weight is 329 g/mol. The Hall–Kier alpha value is -1.59. The van der Waals surface area contributed by atoms with E-state index in [1.807, 2.05) is 23.1 Å². The molecule has 3 N–H and O–H groups in total. The van der Waals surface area contributed by atoms with Gasteiger partial charge in [0.1, 0.15) is 11.3 Å². The zero-order chi connectivity index (χ0) is 16.8. The number of carbonyl (C=O) groups excluding carboxylic acids is 1. The van der Waals surface area contributed by atoms with Crippen molar-refractivity contribution in [3.8, 4) is 5.75 Å². The lowest BCUT2D eigenvalue weighted by atomic mass is 9.78. The molecule has 5 heteroatoms. The minimum atomic E-state index is -0.887. The number of amides is 1.